The molecule has 0 unspecified atom stereocenters. The average Bonchev–Trinajstić information content (AvgIpc) is 2.79. The number of nitrogens with zero attached hydrogens (tertiary/aromatic N) is 4. The Kier molecular flexibility index (Phi) is 6.82. The molecule has 2 aromatic heterocycles. The van der Waals surface area contributed by atoms with Gasteiger partial charge in [0.1, 0.15) is 17.3 Å². The third-order valence-corrected chi connectivity index (χ3v) is 4.55. The molecule has 0 aliphatic carbocycles. The van der Waals surface area contributed by atoms with E-state index >= 15 is 0 Å². The number of aliphatic hydroxyl groups excluding tert-OH is 1. The minimum Gasteiger partial charge on any atom is -0.497 e. The van der Waals surface area contributed by atoms with Crippen molar-refractivity contribution in [3.63, 3.8) is 0 Å². The summed E-state index contributed by atoms with van der Waals surface area (Å²) in [7, 11) is 4.88. The largest absolute Gasteiger partial charge is 0.497 e. The van der Waals surface area contributed by atoms with Gasteiger partial charge < -0.3 is 25.2 Å². The van der Waals surface area contributed by atoms with Gasteiger partial charge in [-0.25, -0.2) is 4.98 Å². The maximum atomic E-state index is 9.65. The van der Waals surface area contributed by atoms with Crippen molar-refractivity contribution in [1.82, 2.24) is 9.97 Å². The van der Waals surface area contributed by atoms with E-state index in [1.165, 1.54) is 6.20 Å². The third-order valence-electron chi connectivity index (χ3n) is 4.55. The topological polar surface area (TPSA) is 106 Å². The number of aromatic nitrogens is 2. The molecule has 1 aromatic carbocycles. The van der Waals surface area contributed by atoms with Gasteiger partial charge in [-0.1, -0.05) is 0 Å². The summed E-state index contributed by atoms with van der Waals surface area (Å²) in [6.07, 6.45) is 4.90. The standard InChI is InChI=1S/C22H25N5O3/c1-24-13-16(12-23)15-8-21-20(25-14-15)4-5-22(26-21)27(6-7-28)17-9-18(29-2)11-19(10-17)30-3/h4-5,8-14,28H,6-7,23H2,1-3H3. The Balaban J connectivity index is 2.09. The van der Waals surface area contributed by atoms with Crippen LogP contribution in [-0.2, 0) is 0 Å². The first-order valence-corrected chi connectivity index (χ1v) is 9.36. The second kappa shape index (κ2) is 9.71. The van der Waals surface area contributed by atoms with Gasteiger partial charge in [-0.3, -0.25) is 9.98 Å². The number of anilines is 2. The second-order valence-corrected chi connectivity index (χ2v) is 6.39. The zero-order valence-corrected chi connectivity index (χ0v) is 17.2. The zero-order valence-electron chi connectivity index (χ0n) is 17.2. The van der Waals surface area contributed by atoms with Crippen molar-refractivity contribution in [2.24, 2.45) is 10.7 Å². The fourth-order valence-corrected chi connectivity index (χ4v) is 3.08. The first-order chi connectivity index (χ1) is 14.6. The Morgan fingerprint density at radius 2 is 1.87 bits per heavy atom. The summed E-state index contributed by atoms with van der Waals surface area (Å²) in [6.45, 7) is 0.295. The van der Waals surface area contributed by atoms with Gasteiger partial charge in [0.25, 0.3) is 0 Å². The van der Waals surface area contributed by atoms with Crippen molar-refractivity contribution >= 4 is 34.3 Å². The van der Waals surface area contributed by atoms with Crippen molar-refractivity contribution in [3.05, 3.63) is 54.4 Å². The number of aliphatic hydroxyl groups is 1. The average molecular weight is 407 g/mol. The van der Waals surface area contributed by atoms with Gasteiger partial charge in [-0.2, -0.15) is 0 Å². The number of nitrogens with two attached hydrogens (primary N) is 1. The highest BCUT2D eigenvalue weighted by atomic mass is 16.5. The lowest BCUT2D eigenvalue weighted by molar-refractivity contribution is 0.305. The maximum Gasteiger partial charge on any atom is 0.133 e. The number of methoxy groups -OCH3 is 2. The first-order valence-electron chi connectivity index (χ1n) is 9.36. The fraction of sp³-hybridized carbons (Fsp3) is 0.227. The van der Waals surface area contributed by atoms with Gasteiger partial charge in [0.05, 0.1) is 31.9 Å². The molecule has 0 amide bonds. The molecule has 0 saturated carbocycles. The van der Waals surface area contributed by atoms with Crippen LogP contribution in [0.4, 0.5) is 11.5 Å². The number of benzene rings is 1. The highest BCUT2D eigenvalue weighted by Gasteiger charge is 2.14. The Hall–Kier alpha value is -3.65. The smallest absolute Gasteiger partial charge is 0.133 e. The van der Waals surface area contributed by atoms with Crippen LogP contribution in [0.15, 0.2) is 53.8 Å². The number of rotatable bonds is 8. The van der Waals surface area contributed by atoms with Crippen molar-refractivity contribution in [1.29, 1.82) is 0 Å². The molecule has 0 atom stereocenters. The normalized spacial score (nSPS) is 11.8. The Morgan fingerprint density at radius 1 is 1.13 bits per heavy atom. The third kappa shape index (κ3) is 4.49. The molecule has 30 heavy (non-hydrogen) atoms. The molecule has 8 nitrogen and oxygen atoms in total. The number of pyridine rings is 2. The van der Waals surface area contributed by atoms with Crippen LogP contribution >= 0.6 is 0 Å². The molecule has 0 saturated heterocycles. The minimum absolute atomic E-state index is 0.0510. The van der Waals surface area contributed by atoms with Gasteiger partial charge >= 0.3 is 0 Å². The van der Waals surface area contributed by atoms with Crippen LogP contribution in [0.5, 0.6) is 11.5 Å². The van der Waals surface area contributed by atoms with Crippen molar-refractivity contribution < 1.29 is 14.6 Å². The lowest BCUT2D eigenvalue weighted by Crippen LogP contribution is -2.22. The molecule has 0 fully saturated rings. The lowest BCUT2D eigenvalue weighted by Gasteiger charge is -2.24. The first kappa shape index (κ1) is 21.1. The molecule has 3 rings (SSSR count). The van der Waals surface area contributed by atoms with Gasteiger partial charge in [0, 0.05) is 67.2 Å². The van der Waals surface area contributed by atoms with E-state index in [9.17, 15) is 5.11 Å². The second-order valence-electron chi connectivity index (χ2n) is 6.39. The van der Waals surface area contributed by atoms with E-state index in [0.717, 1.165) is 22.3 Å². The van der Waals surface area contributed by atoms with Crippen LogP contribution in [0.1, 0.15) is 5.56 Å². The van der Waals surface area contributed by atoms with E-state index in [4.69, 9.17) is 20.2 Å². The number of hydrogen-bond acceptors (Lipinski definition) is 8. The molecule has 0 aliphatic rings. The number of aliphatic imine (C=N–C) groups is 1. The Bertz CT molecular complexity index is 1060. The lowest BCUT2D eigenvalue weighted by atomic mass is 10.1. The molecule has 0 aliphatic heterocycles. The molecule has 0 bridgehead atoms. The summed E-state index contributed by atoms with van der Waals surface area (Å²) >= 11 is 0. The van der Waals surface area contributed by atoms with Gasteiger partial charge in [0.15, 0.2) is 0 Å². The summed E-state index contributed by atoms with van der Waals surface area (Å²) < 4.78 is 10.8. The van der Waals surface area contributed by atoms with Crippen molar-refractivity contribution in [3.8, 4) is 11.5 Å². The molecule has 0 radical (unpaired) electrons. The fourth-order valence-electron chi connectivity index (χ4n) is 3.08. The van der Waals surface area contributed by atoms with E-state index < -0.39 is 0 Å². The number of hydrogen-bond donors (Lipinski definition) is 2. The van der Waals surface area contributed by atoms with Crippen LogP contribution in [0, 0.1) is 0 Å². The number of fused-ring (bicyclic) bond motifs is 1. The number of allylic oxidation sites excluding steroid dienone is 1. The van der Waals surface area contributed by atoms with Crippen LogP contribution in [0.3, 0.4) is 0 Å². The highest BCUT2D eigenvalue weighted by molar-refractivity contribution is 6.10. The summed E-state index contributed by atoms with van der Waals surface area (Å²) in [5.41, 5.74) is 9.53. The van der Waals surface area contributed by atoms with E-state index in [1.807, 2.05) is 35.2 Å². The van der Waals surface area contributed by atoms with Crippen LogP contribution in [0.2, 0.25) is 0 Å². The zero-order chi connectivity index (χ0) is 21.5. The van der Waals surface area contributed by atoms with Gasteiger partial charge in [0.2, 0.25) is 0 Å². The highest BCUT2D eigenvalue weighted by Crippen LogP contribution is 2.32. The van der Waals surface area contributed by atoms with Crippen LogP contribution in [-0.4, -0.2) is 55.7 Å². The molecular weight excluding hydrogens is 382 g/mol. The van der Waals surface area contributed by atoms with Crippen LogP contribution < -0.4 is 20.1 Å². The summed E-state index contributed by atoms with van der Waals surface area (Å²) in [5.74, 6) is 1.95. The molecule has 8 heteroatoms. The van der Waals surface area contributed by atoms with Crippen LogP contribution in [0.25, 0.3) is 16.6 Å². The molecule has 156 valence electrons. The molecule has 3 aromatic rings. The predicted molar refractivity (Wildman–Crippen MR) is 120 cm³/mol. The minimum atomic E-state index is -0.0510. The van der Waals surface area contributed by atoms with E-state index in [0.29, 0.717) is 29.4 Å². The van der Waals surface area contributed by atoms with Crippen molar-refractivity contribution in [2.75, 3.05) is 39.3 Å². The molecule has 2 heterocycles. The quantitative estimate of drug-likeness (QED) is 0.553. The molecular formula is C22H25N5O3. The number of ether oxygens (including phenoxy) is 2. The summed E-state index contributed by atoms with van der Waals surface area (Å²) in [4.78, 5) is 15.2. The van der Waals surface area contributed by atoms with E-state index in [-0.39, 0.29) is 6.61 Å². The molecule has 0 spiro atoms. The summed E-state index contributed by atoms with van der Waals surface area (Å²) in [6, 6.07) is 11.2. The molecule has 3 N–H and O–H groups in total. The monoisotopic (exact) mass is 407 g/mol. The Labute approximate surface area is 175 Å². The van der Waals surface area contributed by atoms with Gasteiger partial charge in [-0.15, -0.1) is 0 Å². The Morgan fingerprint density at radius 3 is 2.47 bits per heavy atom. The van der Waals surface area contributed by atoms with E-state index in [2.05, 4.69) is 9.98 Å². The van der Waals surface area contributed by atoms with E-state index in [1.54, 1.807) is 39.7 Å². The predicted octanol–water partition coefficient (Wildman–Crippen LogP) is 2.78. The SMILES string of the molecule is CN=CC(=CN)c1cnc2ccc(N(CCO)c3cc(OC)cc(OC)c3)nc2c1. The summed E-state index contributed by atoms with van der Waals surface area (Å²) in [5, 5.41) is 9.65. The van der Waals surface area contributed by atoms with Gasteiger partial charge in [-0.05, 0) is 18.2 Å². The van der Waals surface area contributed by atoms with Crippen molar-refractivity contribution in [2.45, 2.75) is 0 Å². The maximum absolute atomic E-state index is 9.65.